The van der Waals surface area contributed by atoms with Crippen LogP contribution in [-0.2, 0) is 19.3 Å². The van der Waals surface area contributed by atoms with Gasteiger partial charge in [-0.15, -0.1) is 0 Å². The molecule has 0 aliphatic rings. The second-order valence-corrected chi connectivity index (χ2v) is 4.69. The SMILES string of the molecule is CC[N+](C)(C)CCOC.COS(=O)(=O)[O-]. The summed E-state index contributed by atoms with van der Waals surface area (Å²) in [5.74, 6) is 0. The highest BCUT2D eigenvalue weighted by Gasteiger charge is 2.09. The van der Waals surface area contributed by atoms with Crippen LogP contribution in [0.3, 0.4) is 0 Å². The molecule has 0 aromatic heterocycles. The summed E-state index contributed by atoms with van der Waals surface area (Å²) >= 11 is 0. The molecule has 7 heteroatoms. The number of hydrogen-bond donors (Lipinski definition) is 0. The zero-order valence-electron chi connectivity index (χ0n) is 10.0. The van der Waals surface area contributed by atoms with E-state index < -0.39 is 10.4 Å². The standard InChI is InChI=1S/C7H18NO.CH4O4S/c1-5-8(2,3)6-7-9-4;1-5-6(2,3)4/h5-7H2,1-4H3;1H3,(H,2,3,4)/q+1;/p-1. The summed E-state index contributed by atoms with van der Waals surface area (Å²) in [4.78, 5) is 0. The molecule has 0 rings (SSSR count). The maximum atomic E-state index is 9.22. The molecule has 0 spiro atoms. The van der Waals surface area contributed by atoms with Crippen LogP contribution in [-0.4, -0.2) is 65.5 Å². The fourth-order valence-corrected chi connectivity index (χ4v) is 0.497. The summed E-state index contributed by atoms with van der Waals surface area (Å²) in [5, 5.41) is 0. The van der Waals surface area contributed by atoms with Crippen LogP contribution in [0.2, 0.25) is 0 Å². The molecular formula is C8H21NO5S. The van der Waals surface area contributed by atoms with Crippen LogP contribution in [0.4, 0.5) is 0 Å². The first-order chi connectivity index (χ1) is 6.68. The molecule has 0 fully saturated rings. The Hall–Kier alpha value is -0.210. The van der Waals surface area contributed by atoms with Crippen LogP contribution in [0.5, 0.6) is 0 Å². The van der Waals surface area contributed by atoms with E-state index in [1.807, 2.05) is 0 Å². The third-order valence-electron chi connectivity index (χ3n) is 1.96. The molecule has 0 saturated carbocycles. The van der Waals surface area contributed by atoms with Gasteiger partial charge in [0.15, 0.2) is 0 Å². The summed E-state index contributed by atoms with van der Waals surface area (Å²) in [5.41, 5.74) is 0. The minimum atomic E-state index is -4.41. The lowest BCUT2D eigenvalue weighted by atomic mass is 10.4. The predicted molar refractivity (Wildman–Crippen MR) is 56.1 cm³/mol. The molecule has 0 heterocycles. The third-order valence-corrected chi connectivity index (χ3v) is 2.37. The molecule has 0 bridgehead atoms. The van der Waals surface area contributed by atoms with Gasteiger partial charge in [-0.25, -0.2) is 8.42 Å². The molecule has 15 heavy (non-hydrogen) atoms. The summed E-state index contributed by atoms with van der Waals surface area (Å²) < 4.78 is 37.0. The van der Waals surface area contributed by atoms with Gasteiger partial charge in [0.2, 0.25) is 10.4 Å². The summed E-state index contributed by atoms with van der Waals surface area (Å²) in [6, 6.07) is 0. The van der Waals surface area contributed by atoms with Gasteiger partial charge in [0.25, 0.3) is 0 Å². The maximum absolute atomic E-state index is 9.22. The first-order valence-electron chi connectivity index (χ1n) is 4.51. The smallest absolute Gasteiger partial charge is 0.217 e. The van der Waals surface area contributed by atoms with E-state index in [1.54, 1.807) is 7.11 Å². The summed E-state index contributed by atoms with van der Waals surface area (Å²) in [6.45, 7) is 5.33. The molecule has 6 nitrogen and oxygen atoms in total. The average Bonchev–Trinajstić information content (AvgIpc) is 2.15. The number of quaternary nitrogens is 1. The van der Waals surface area contributed by atoms with Gasteiger partial charge in [-0.2, -0.15) is 0 Å². The van der Waals surface area contributed by atoms with Crippen molar-refractivity contribution in [2.45, 2.75) is 6.92 Å². The molecular weight excluding hydrogens is 222 g/mol. The first kappa shape index (κ1) is 17.2. The summed E-state index contributed by atoms with van der Waals surface area (Å²) in [6.07, 6.45) is 0. The van der Waals surface area contributed by atoms with Crippen molar-refractivity contribution in [1.29, 1.82) is 0 Å². The van der Waals surface area contributed by atoms with Crippen molar-refractivity contribution in [1.82, 2.24) is 0 Å². The maximum Gasteiger partial charge on any atom is 0.217 e. The van der Waals surface area contributed by atoms with E-state index in [0.717, 1.165) is 24.7 Å². The lowest BCUT2D eigenvalue weighted by Crippen LogP contribution is -2.41. The normalized spacial score (nSPS) is 11.9. The van der Waals surface area contributed by atoms with Crippen molar-refractivity contribution in [3.05, 3.63) is 0 Å². The van der Waals surface area contributed by atoms with Crippen molar-refractivity contribution in [3.63, 3.8) is 0 Å². The Morgan fingerprint density at radius 1 is 1.27 bits per heavy atom. The molecule has 0 aliphatic heterocycles. The topological polar surface area (TPSA) is 75.7 Å². The molecule has 0 saturated heterocycles. The zero-order chi connectivity index (χ0) is 12.5. The Bertz CT molecular complexity index is 237. The first-order valence-corrected chi connectivity index (χ1v) is 5.84. The van der Waals surface area contributed by atoms with Crippen LogP contribution < -0.4 is 0 Å². The van der Waals surface area contributed by atoms with Gasteiger partial charge < -0.3 is 13.8 Å². The molecule has 0 aliphatic carbocycles. The Kier molecular flexibility index (Phi) is 9.17. The number of hydrogen-bond acceptors (Lipinski definition) is 5. The highest BCUT2D eigenvalue weighted by Crippen LogP contribution is 1.93. The Balaban J connectivity index is 0. The van der Waals surface area contributed by atoms with E-state index in [9.17, 15) is 13.0 Å². The highest BCUT2D eigenvalue weighted by molar-refractivity contribution is 7.80. The van der Waals surface area contributed by atoms with E-state index in [2.05, 4.69) is 25.2 Å². The van der Waals surface area contributed by atoms with Crippen molar-refractivity contribution in [2.24, 2.45) is 0 Å². The largest absolute Gasteiger partial charge is 0.726 e. The second kappa shape index (κ2) is 8.00. The van der Waals surface area contributed by atoms with Gasteiger partial charge >= 0.3 is 0 Å². The number of nitrogens with zero attached hydrogens (tertiary/aromatic N) is 1. The van der Waals surface area contributed by atoms with Gasteiger partial charge in [0, 0.05) is 7.11 Å². The van der Waals surface area contributed by atoms with Crippen molar-refractivity contribution < 1.29 is 26.4 Å². The van der Waals surface area contributed by atoms with Crippen molar-refractivity contribution in [3.8, 4) is 0 Å². The van der Waals surface area contributed by atoms with Gasteiger partial charge in [0.1, 0.15) is 6.54 Å². The highest BCUT2D eigenvalue weighted by atomic mass is 32.3. The van der Waals surface area contributed by atoms with E-state index in [0.29, 0.717) is 0 Å². The van der Waals surface area contributed by atoms with Crippen LogP contribution in [0.15, 0.2) is 0 Å². The van der Waals surface area contributed by atoms with Gasteiger partial charge in [0.05, 0.1) is 34.4 Å². The third kappa shape index (κ3) is 16.5. The Labute approximate surface area is 92.3 Å². The van der Waals surface area contributed by atoms with Crippen LogP contribution in [0.1, 0.15) is 6.92 Å². The lowest BCUT2D eigenvalue weighted by molar-refractivity contribution is -0.888. The summed E-state index contributed by atoms with van der Waals surface area (Å²) in [7, 11) is 2.56. The van der Waals surface area contributed by atoms with Crippen molar-refractivity contribution >= 4 is 10.4 Å². The minimum Gasteiger partial charge on any atom is -0.726 e. The van der Waals surface area contributed by atoms with Gasteiger partial charge in [-0.1, -0.05) is 0 Å². The van der Waals surface area contributed by atoms with E-state index in [-0.39, 0.29) is 0 Å². The lowest BCUT2D eigenvalue weighted by Gasteiger charge is -2.27. The van der Waals surface area contributed by atoms with Crippen LogP contribution in [0, 0.1) is 0 Å². The molecule has 0 radical (unpaired) electrons. The molecule has 0 amide bonds. The molecule has 0 aromatic carbocycles. The molecule has 94 valence electrons. The fraction of sp³-hybridized carbons (Fsp3) is 1.00. The number of likely N-dealkylation sites (N-methyl/N-ethyl adjacent to an activating group) is 1. The number of methoxy groups -OCH3 is 1. The van der Waals surface area contributed by atoms with Gasteiger partial charge in [-0.05, 0) is 6.92 Å². The molecule has 0 N–H and O–H groups in total. The number of rotatable bonds is 5. The number of ether oxygens (including phenoxy) is 1. The van der Waals surface area contributed by atoms with Crippen molar-refractivity contribution in [2.75, 3.05) is 48.0 Å². The van der Waals surface area contributed by atoms with E-state index >= 15 is 0 Å². The fourth-order valence-electron chi connectivity index (χ4n) is 0.497. The van der Waals surface area contributed by atoms with Gasteiger partial charge in [-0.3, -0.25) is 4.18 Å². The minimum absolute atomic E-state index is 0.808. The van der Waals surface area contributed by atoms with Crippen LogP contribution >= 0.6 is 0 Å². The molecule has 0 unspecified atom stereocenters. The zero-order valence-corrected chi connectivity index (χ0v) is 10.8. The second-order valence-electron chi connectivity index (χ2n) is 3.54. The van der Waals surface area contributed by atoms with E-state index in [4.69, 9.17) is 4.74 Å². The predicted octanol–water partition coefficient (Wildman–Crippen LogP) is -0.178. The Morgan fingerprint density at radius 3 is 1.87 bits per heavy atom. The molecule has 0 aromatic rings. The van der Waals surface area contributed by atoms with Crippen LogP contribution in [0.25, 0.3) is 0 Å². The Morgan fingerprint density at radius 2 is 1.67 bits per heavy atom. The van der Waals surface area contributed by atoms with E-state index in [1.165, 1.54) is 6.54 Å². The average molecular weight is 243 g/mol. The monoisotopic (exact) mass is 243 g/mol. The molecule has 0 atom stereocenters. The quantitative estimate of drug-likeness (QED) is 0.380.